The number of thiazole rings is 1. The summed E-state index contributed by atoms with van der Waals surface area (Å²) in [6.45, 7) is 1.36. The number of likely N-dealkylation sites (tertiary alicyclic amines) is 1. The molecule has 0 spiro atoms. The van der Waals surface area contributed by atoms with Gasteiger partial charge in [-0.2, -0.15) is 0 Å². The highest BCUT2D eigenvalue weighted by Gasteiger charge is 2.26. The average Bonchev–Trinajstić information content (AvgIpc) is 3.44. The second-order valence-electron chi connectivity index (χ2n) is 9.32. The van der Waals surface area contributed by atoms with Gasteiger partial charge in [0.05, 0.1) is 5.01 Å². The Morgan fingerprint density at radius 1 is 1.00 bits per heavy atom. The maximum atomic E-state index is 13.4. The number of hydrogen-bond donors (Lipinski definition) is 1. The number of aryl methyl sites for hydroxylation is 1. The van der Waals surface area contributed by atoms with Gasteiger partial charge in [0.25, 0.3) is 5.91 Å². The van der Waals surface area contributed by atoms with Crippen LogP contribution in [0.5, 0.6) is 0 Å². The van der Waals surface area contributed by atoms with Gasteiger partial charge >= 0.3 is 0 Å². The zero-order valence-electron chi connectivity index (χ0n) is 20.7. The number of aromatic nitrogens is 1. The van der Waals surface area contributed by atoms with E-state index in [-0.39, 0.29) is 23.5 Å². The summed E-state index contributed by atoms with van der Waals surface area (Å²) in [5.74, 6) is -0.227. The first-order chi connectivity index (χ1) is 18.5. The molecule has 1 aliphatic rings. The fourth-order valence-corrected chi connectivity index (χ4v) is 5.92. The van der Waals surface area contributed by atoms with Crippen LogP contribution >= 0.6 is 22.9 Å². The molecule has 0 saturated carbocycles. The molecule has 38 heavy (non-hydrogen) atoms. The minimum Gasteiger partial charge on any atom is -0.343 e. The van der Waals surface area contributed by atoms with E-state index in [0.29, 0.717) is 42.3 Å². The number of halogens is 2. The lowest BCUT2D eigenvalue weighted by Gasteiger charge is -2.31. The van der Waals surface area contributed by atoms with Crippen LogP contribution in [0.2, 0.25) is 5.02 Å². The molecule has 4 aromatic rings. The van der Waals surface area contributed by atoms with Crippen molar-refractivity contribution in [3.8, 4) is 11.1 Å². The molecule has 8 heteroatoms. The van der Waals surface area contributed by atoms with Crippen molar-refractivity contribution >= 4 is 40.4 Å². The van der Waals surface area contributed by atoms with E-state index < -0.39 is 0 Å². The molecule has 194 valence electrons. The molecule has 1 saturated heterocycles. The van der Waals surface area contributed by atoms with E-state index in [1.165, 1.54) is 23.5 Å². The fourth-order valence-electron chi connectivity index (χ4n) is 4.72. The molecule has 0 radical (unpaired) electrons. The molecule has 0 atom stereocenters. The summed E-state index contributed by atoms with van der Waals surface area (Å²) in [6, 6.07) is 21.2. The first-order valence-electron chi connectivity index (χ1n) is 12.6. The summed E-state index contributed by atoms with van der Waals surface area (Å²) >= 11 is 7.70. The maximum absolute atomic E-state index is 13.4. The highest BCUT2D eigenvalue weighted by Crippen LogP contribution is 2.32. The van der Waals surface area contributed by atoms with Crippen molar-refractivity contribution < 1.29 is 14.0 Å². The van der Waals surface area contributed by atoms with Crippen LogP contribution in [0.25, 0.3) is 11.1 Å². The van der Waals surface area contributed by atoms with Crippen molar-refractivity contribution in [3.05, 3.63) is 105 Å². The van der Waals surface area contributed by atoms with E-state index in [0.717, 1.165) is 34.5 Å². The Morgan fingerprint density at radius 3 is 2.47 bits per heavy atom. The lowest BCUT2D eigenvalue weighted by Crippen LogP contribution is -2.38. The Morgan fingerprint density at radius 2 is 1.71 bits per heavy atom. The van der Waals surface area contributed by atoms with Crippen LogP contribution in [0.3, 0.4) is 0 Å². The third-order valence-electron chi connectivity index (χ3n) is 6.85. The van der Waals surface area contributed by atoms with Crippen molar-refractivity contribution in [1.29, 1.82) is 0 Å². The monoisotopic (exact) mass is 547 g/mol. The van der Waals surface area contributed by atoms with Crippen LogP contribution in [-0.2, 0) is 11.2 Å². The Balaban J connectivity index is 1.17. The van der Waals surface area contributed by atoms with Crippen molar-refractivity contribution in [2.45, 2.75) is 31.6 Å². The topological polar surface area (TPSA) is 62.3 Å². The summed E-state index contributed by atoms with van der Waals surface area (Å²) < 4.78 is 13.4. The van der Waals surface area contributed by atoms with Crippen molar-refractivity contribution in [1.82, 2.24) is 9.88 Å². The predicted molar refractivity (Wildman–Crippen MR) is 150 cm³/mol. The molecule has 5 rings (SSSR count). The molecule has 0 unspecified atom stereocenters. The molecule has 3 aromatic carbocycles. The number of nitrogens with one attached hydrogen (secondary N) is 1. The van der Waals surface area contributed by atoms with E-state index in [9.17, 15) is 14.0 Å². The van der Waals surface area contributed by atoms with Crippen LogP contribution in [0.15, 0.2) is 78.2 Å². The number of carbonyl (C=O) groups is 2. The molecule has 5 nitrogen and oxygen atoms in total. The zero-order chi connectivity index (χ0) is 26.5. The van der Waals surface area contributed by atoms with Crippen LogP contribution in [-0.4, -0.2) is 34.8 Å². The number of rotatable bonds is 7. The molecule has 1 fully saturated rings. The Kier molecular flexibility index (Phi) is 8.15. The normalized spacial score (nSPS) is 13.9. The Labute approximate surface area is 230 Å². The Bertz CT molecular complexity index is 1430. The Hall–Kier alpha value is -3.55. The molecule has 1 N–H and O–H groups in total. The van der Waals surface area contributed by atoms with Gasteiger partial charge in [-0.1, -0.05) is 60.1 Å². The molecule has 2 heterocycles. The highest BCUT2D eigenvalue weighted by molar-refractivity contribution is 7.10. The van der Waals surface area contributed by atoms with Crippen molar-refractivity contribution in [3.63, 3.8) is 0 Å². The quantitative estimate of drug-likeness (QED) is 0.266. The van der Waals surface area contributed by atoms with Crippen LogP contribution in [0.1, 0.15) is 46.2 Å². The van der Waals surface area contributed by atoms with Gasteiger partial charge in [-0.25, -0.2) is 9.37 Å². The number of benzene rings is 3. The van der Waals surface area contributed by atoms with Gasteiger partial charge in [0.1, 0.15) is 11.5 Å². The number of nitrogens with zero attached hydrogens (tertiary/aromatic N) is 2. The van der Waals surface area contributed by atoms with E-state index in [1.807, 2.05) is 53.4 Å². The second kappa shape index (κ2) is 11.9. The number of amides is 2. The van der Waals surface area contributed by atoms with E-state index in [1.54, 1.807) is 17.5 Å². The third-order valence-corrected chi connectivity index (χ3v) is 8.22. The number of anilines is 1. The summed E-state index contributed by atoms with van der Waals surface area (Å²) in [6.07, 6.45) is 2.71. The zero-order valence-corrected chi connectivity index (χ0v) is 22.3. The predicted octanol–water partition coefficient (Wildman–Crippen LogP) is 7.19. The molecular weight excluding hydrogens is 521 g/mol. The van der Waals surface area contributed by atoms with Gasteiger partial charge in [-0.15, -0.1) is 11.3 Å². The SMILES string of the molecule is O=C(Nc1ccccc1-c1ccc(F)cc1)c1csc(C2CCN(C(=O)CCc3ccccc3Cl)CC2)n1. The molecule has 0 aliphatic carbocycles. The smallest absolute Gasteiger partial charge is 0.275 e. The largest absolute Gasteiger partial charge is 0.343 e. The average molecular weight is 548 g/mol. The lowest BCUT2D eigenvalue weighted by molar-refractivity contribution is -0.132. The minimum absolute atomic E-state index is 0.141. The second-order valence-corrected chi connectivity index (χ2v) is 10.6. The van der Waals surface area contributed by atoms with Crippen LogP contribution in [0.4, 0.5) is 10.1 Å². The van der Waals surface area contributed by atoms with Crippen molar-refractivity contribution in [2.24, 2.45) is 0 Å². The van der Waals surface area contributed by atoms with Gasteiger partial charge in [-0.3, -0.25) is 9.59 Å². The number of para-hydroxylation sites is 1. The summed E-state index contributed by atoms with van der Waals surface area (Å²) in [5.41, 5.74) is 3.63. The summed E-state index contributed by atoms with van der Waals surface area (Å²) in [5, 5.41) is 6.36. The van der Waals surface area contributed by atoms with E-state index >= 15 is 0 Å². The van der Waals surface area contributed by atoms with E-state index in [2.05, 4.69) is 10.3 Å². The minimum atomic E-state index is -0.308. The first kappa shape index (κ1) is 26.1. The van der Waals surface area contributed by atoms with E-state index in [4.69, 9.17) is 11.6 Å². The van der Waals surface area contributed by atoms with Gasteiger partial charge in [0.15, 0.2) is 0 Å². The van der Waals surface area contributed by atoms with Gasteiger partial charge in [0.2, 0.25) is 5.91 Å². The number of piperidine rings is 1. The summed E-state index contributed by atoms with van der Waals surface area (Å²) in [7, 11) is 0. The summed E-state index contributed by atoms with van der Waals surface area (Å²) in [4.78, 5) is 32.3. The van der Waals surface area contributed by atoms with Gasteiger partial charge in [0, 0.05) is 47.1 Å². The molecule has 0 bridgehead atoms. The molecule has 1 aromatic heterocycles. The number of carbonyl (C=O) groups excluding carboxylic acids is 2. The van der Waals surface area contributed by atoms with Crippen LogP contribution in [0, 0.1) is 5.82 Å². The fraction of sp³-hybridized carbons (Fsp3) is 0.233. The standard InChI is InChI=1S/C30H27ClFN3O2S/c31-25-7-3-1-5-21(25)11-14-28(36)35-17-15-22(16-18-35)30-34-27(19-38-30)29(37)33-26-8-4-2-6-24(26)20-9-12-23(32)13-10-20/h1-10,12-13,19,22H,11,14-18H2,(H,33,37). The number of hydrogen-bond acceptors (Lipinski definition) is 4. The molecule has 1 aliphatic heterocycles. The third kappa shape index (κ3) is 6.11. The van der Waals surface area contributed by atoms with Gasteiger partial charge in [-0.05, 0) is 54.7 Å². The lowest BCUT2D eigenvalue weighted by atomic mass is 9.97. The van der Waals surface area contributed by atoms with Gasteiger partial charge < -0.3 is 10.2 Å². The molecule has 2 amide bonds. The van der Waals surface area contributed by atoms with Crippen LogP contribution < -0.4 is 5.32 Å². The maximum Gasteiger partial charge on any atom is 0.275 e. The highest BCUT2D eigenvalue weighted by atomic mass is 35.5. The van der Waals surface area contributed by atoms with Crippen molar-refractivity contribution in [2.75, 3.05) is 18.4 Å². The first-order valence-corrected chi connectivity index (χ1v) is 13.9. The molecular formula is C30H27ClFN3O2S.